The largest absolute Gasteiger partial charge is 0.497 e. The Bertz CT molecular complexity index is 1450. The van der Waals surface area contributed by atoms with Crippen molar-refractivity contribution in [3.05, 3.63) is 112 Å². The van der Waals surface area contributed by atoms with E-state index in [1.54, 1.807) is 50.6 Å². The molecule has 0 heterocycles. The molecule has 2 N–H and O–H groups in total. The summed E-state index contributed by atoms with van der Waals surface area (Å²) in [7, 11) is 4.56. The zero-order valence-electron chi connectivity index (χ0n) is 24.4. The topological polar surface area (TPSA) is 112 Å². The number of hydrogen-bond donors (Lipinski definition) is 2. The molecule has 0 saturated carbocycles. The van der Waals surface area contributed by atoms with Crippen LogP contribution in [0.25, 0.3) is 11.1 Å². The standard InChI is InChI=1S/C16H16O3.C9H9BrO2.C7H9BO3/c1-11-14(5-4-6-15(11)16(17)19-3)12-7-9-13(18-2)10-8-12;1-6-7(9(11)12-2)4-3-5-8(6)10;1-11-7-4-2-6(3-5-7)8(9)10/h4-10H,1-3H3;3-5H,1-2H3;2-5,9-10H,1H3. The van der Waals surface area contributed by atoms with Crippen molar-refractivity contribution in [2.45, 2.75) is 13.8 Å². The lowest BCUT2D eigenvalue weighted by Gasteiger charge is -2.10. The summed E-state index contributed by atoms with van der Waals surface area (Å²) in [5, 5.41) is 17.4. The van der Waals surface area contributed by atoms with Crippen LogP contribution in [0.4, 0.5) is 0 Å². The van der Waals surface area contributed by atoms with Crippen molar-refractivity contribution in [2.24, 2.45) is 0 Å². The SMILES string of the molecule is COC(=O)c1cccc(-c2ccc(OC)cc2)c1C.COC(=O)c1cccc(Br)c1C.COc1ccc(B(O)O)cc1. The molecule has 0 radical (unpaired) electrons. The predicted octanol–water partition coefficient (Wildman–Crippen LogP) is 5.38. The maximum atomic E-state index is 11.7. The van der Waals surface area contributed by atoms with Crippen molar-refractivity contribution in [1.29, 1.82) is 0 Å². The molecule has 0 amide bonds. The summed E-state index contributed by atoms with van der Waals surface area (Å²) in [4.78, 5) is 22.8. The highest BCUT2D eigenvalue weighted by Gasteiger charge is 2.13. The van der Waals surface area contributed by atoms with Crippen molar-refractivity contribution in [3.8, 4) is 22.6 Å². The van der Waals surface area contributed by atoms with Crippen molar-refractivity contribution in [2.75, 3.05) is 28.4 Å². The highest BCUT2D eigenvalue weighted by Crippen LogP contribution is 2.27. The van der Waals surface area contributed by atoms with Gasteiger partial charge >= 0.3 is 19.1 Å². The maximum absolute atomic E-state index is 11.7. The first-order valence-electron chi connectivity index (χ1n) is 12.7. The monoisotopic (exact) mass is 636 g/mol. The van der Waals surface area contributed by atoms with Crippen LogP contribution in [0.1, 0.15) is 31.8 Å². The lowest BCUT2D eigenvalue weighted by Crippen LogP contribution is -2.29. The highest BCUT2D eigenvalue weighted by molar-refractivity contribution is 9.10. The van der Waals surface area contributed by atoms with Gasteiger partial charge in [0, 0.05) is 4.47 Å². The fourth-order valence-electron chi connectivity index (χ4n) is 3.76. The zero-order valence-corrected chi connectivity index (χ0v) is 26.0. The Morgan fingerprint density at radius 1 is 0.643 bits per heavy atom. The Balaban J connectivity index is 0.000000233. The summed E-state index contributed by atoms with van der Waals surface area (Å²) < 4.78 is 20.3. The molecule has 0 bridgehead atoms. The Hall–Kier alpha value is -4.12. The molecule has 8 nitrogen and oxygen atoms in total. The number of carbonyl (C=O) groups is 2. The van der Waals surface area contributed by atoms with E-state index in [2.05, 4.69) is 20.7 Å². The summed E-state index contributed by atoms with van der Waals surface area (Å²) in [6.07, 6.45) is 0. The molecule has 0 atom stereocenters. The van der Waals surface area contributed by atoms with Gasteiger partial charge in [-0.2, -0.15) is 0 Å². The number of ether oxygens (including phenoxy) is 4. The van der Waals surface area contributed by atoms with Crippen LogP contribution < -0.4 is 14.9 Å². The first-order chi connectivity index (χ1) is 20.1. The van der Waals surface area contributed by atoms with E-state index in [1.165, 1.54) is 14.2 Å². The summed E-state index contributed by atoms with van der Waals surface area (Å²) in [5.74, 6) is 0.904. The van der Waals surface area contributed by atoms with Gasteiger partial charge in [-0.25, -0.2) is 9.59 Å². The minimum absolute atomic E-state index is 0.297. The van der Waals surface area contributed by atoms with E-state index in [4.69, 9.17) is 24.3 Å². The Morgan fingerprint density at radius 3 is 1.55 bits per heavy atom. The van der Waals surface area contributed by atoms with Gasteiger partial charge in [-0.1, -0.05) is 58.4 Å². The summed E-state index contributed by atoms with van der Waals surface area (Å²) in [6.45, 7) is 3.79. The van der Waals surface area contributed by atoms with Crippen LogP contribution in [0.5, 0.6) is 11.5 Å². The van der Waals surface area contributed by atoms with E-state index in [1.807, 2.05) is 62.4 Å². The van der Waals surface area contributed by atoms with Crippen molar-refractivity contribution >= 4 is 40.4 Å². The van der Waals surface area contributed by atoms with Gasteiger partial charge < -0.3 is 29.0 Å². The molecular weight excluding hydrogens is 603 g/mol. The third-order valence-electron chi connectivity index (χ3n) is 6.23. The van der Waals surface area contributed by atoms with Gasteiger partial charge in [0.15, 0.2) is 0 Å². The first-order valence-corrected chi connectivity index (χ1v) is 13.5. The number of esters is 2. The van der Waals surface area contributed by atoms with Gasteiger partial charge in [-0.15, -0.1) is 0 Å². The minimum atomic E-state index is -1.40. The number of halogens is 1. The van der Waals surface area contributed by atoms with Gasteiger partial charge in [0.1, 0.15) is 11.5 Å². The van der Waals surface area contributed by atoms with E-state index >= 15 is 0 Å². The molecule has 0 unspecified atom stereocenters. The lowest BCUT2D eigenvalue weighted by atomic mass is 9.80. The highest BCUT2D eigenvalue weighted by atomic mass is 79.9. The van der Waals surface area contributed by atoms with Gasteiger partial charge in [0.2, 0.25) is 0 Å². The molecule has 0 aliphatic carbocycles. The summed E-state index contributed by atoms with van der Waals surface area (Å²) in [5.41, 5.74) is 5.55. The molecular formula is C32H34BBrO8. The smallest absolute Gasteiger partial charge is 0.488 e. The van der Waals surface area contributed by atoms with Crippen molar-refractivity contribution in [1.82, 2.24) is 0 Å². The number of carbonyl (C=O) groups excluding carboxylic acids is 2. The number of benzene rings is 4. The van der Waals surface area contributed by atoms with E-state index in [0.29, 0.717) is 22.3 Å². The molecule has 42 heavy (non-hydrogen) atoms. The van der Waals surface area contributed by atoms with Crippen LogP contribution in [0, 0.1) is 13.8 Å². The molecule has 4 aromatic rings. The third-order valence-corrected chi connectivity index (χ3v) is 7.09. The van der Waals surface area contributed by atoms with Crippen LogP contribution in [0.2, 0.25) is 0 Å². The molecule has 0 aliphatic rings. The Labute approximate surface area is 255 Å². The molecule has 0 saturated heterocycles. The molecule has 4 aromatic carbocycles. The Kier molecular flexibility index (Phi) is 13.8. The normalized spacial score (nSPS) is 9.74. The van der Waals surface area contributed by atoms with E-state index in [0.717, 1.165) is 32.5 Å². The summed E-state index contributed by atoms with van der Waals surface area (Å²) >= 11 is 3.34. The van der Waals surface area contributed by atoms with Crippen molar-refractivity contribution in [3.63, 3.8) is 0 Å². The molecule has 220 valence electrons. The minimum Gasteiger partial charge on any atom is -0.497 e. The fraction of sp³-hybridized carbons (Fsp3) is 0.188. The van der Waals surface area contributed by atoms with Crippen molar-refractivity contribution < 1.29 is 38.6 Å². The number of hydrogen-bond acceptors (Lipinski definition) is 8. The summed E-state index contributed by atoms with van der Waals surface area (Å²) in [6, 6.07) is 25.4. The molecule has 0 fully saturated rings. The lowest BCUT2D eigenvalue weighted by molar-refractivity contribution is 0.0591. The molecule has 4 rings (SSSR count). The number of methoxy groups -OCH3 is 4. The molecule has 10 heteroatoms. The van der Waals surface area contributed by atoms with Gasteiger partial charge in [-0.05, 0) is 84.0 Å². The second-order valence-electron chi connectivity index (χ2n) is 8.75. The fourth-order valence-corrected chi connectivity index (χ4v) is 4.13. The van der Waals surface area contributed by atoms with Gasteiger partial charge in [0.05, 0.1) is 39.6 Å². The van der Waals surface area contributed by atoms with Crippen LogP contribution in [-0.4, -0.2) is 57.5 Å². The molecule has 0 spiro atoms. The first kappa shape index (κ1) is 34.1. The molecule has 0 aromatic heterocycles. The average Bonchev–Trinajstić information content (AvgIpc) is 3.02. The Morgan fingerprint density at radius 2 is 1.10 bits per heavy atom. The van der Waals surface area contributed by atoms with E-state index in [-0.39, 0.29) is 11.9 Å². The predicted molar refractivity (Wildman–Crippen MR) is 168 cm³/mol. The quantitative estimate of drug-likeness (QED) is 0.214. The number of rotatable bonds is 6. The van der Waals surface area contributed by atoms with Gasteiger partial charge in [-0.3, -0.25) is 0 Å². The average molecular weight is 637 g/mol. The second-order valence-corrected chi connectivity index (χ2v) is 9.60. The van der Waals surface area contributed by atoms with E-state index < -0.39 is 7.12 Å². The van der Waals surface area contributed by atoms with Crippen LogP contribution in [-0.2, 0) is 9.47 Å². The second kappa shape index (κ2) is 17.0. The van der Waals surface area contributed by atoms with Crippen LogP contribution in [0.3, 0.4) is 0 Å². The zero-order chi connectivity index (χ0) is 31.2. The third kappa shape index (κ3) is 9.48. The maximum Gasteiger partial charge on any atom is 0.488 e. The van der Waals surface area contributed by atoms with Crippen LogP contribution >= 0.6 is 15.9 Å². The van der Waals surface area contributed by atoms with Gasteiger partial charge in [0.25, 0.3) is 0 Å². The van der Waals surface area contributed by atoms with Crippen LogP contribution in [0.15, 0.2) is 89.4 Å². The molecule has 0 aliphatic heterocycles. The van der Waals surface area contributed by atoms with E-state index in [9.17, 15) is 9.59 Å².